The maximum absolute atomic E-state index is 11.9. The predicted octanol–water partition coefficient (Wildman–Crippen LogP) is 3.24. The number of halogens is 1. The van der Waals surface area contributed by atoms with E-state index in [-0.39, 0.29) is 11.9 Å². The number of rotatable bonds is 6. The number of carbonyl (C=O) groups excluding carboxylic acids is 1. The Morgan fingerprint density at radius 1 is 1.50 bits per heavy atom. The van der Waals surface area contributed by atoms with E-state index in [0.29, 0.717) is 22.7 Å². The van der Waals surface area contributed by atoms with Crippen molar-refractivity contribution in [3.05, 3.63) is 28.7 Å². The molecule has 1 heterocycles. The van der Waals surface area contributed by atoms with Gasteiger partial charge in [-0.25, -0.2) is 4.98 Å². The topological polar surface area (TPSA) is 70.7 Å². The highest BCUT2D eigenvalue weighted by Crippen LogP contribution is 2.32. The first-order valence-corrected chi connectivity index (χ1v) is 9.01. The van der Waals surface area contributed by atoms with Crippen LogP contribution in [0.2, 0.25) is 0 Å². The van der Waals surface area contributed by atoms with E-state index >= 15 is 0 Å². The zero-order valence-electron chi connectivity index (χ0n) is 12.2. The summed E-state index contributed by atoms with van der Waals surface area (Å²) in [6.07, 6.45) is 2.45. The van der Waals surface area contributed by atoms with Gasteiger partial charge >= 0.3 is 0 Å². The molecule has 0 aliphatic heterocycles. The van der Waals surface area contributed by atoms with Gasteiger partial charge in [-0.15, -0.1) is 5.10 Å². The van der Waals surface area contributed by atoms with Crippen molar-refractivity contribution < 1.29 is 4.79 Å². The number of thioether (sulfide) groups is 1. The normalized spacial score (nSPS) is 15.5. The van der Waals surface area contributed by atoms with E-state index in [1.54, 1.807) is 0 Å². The van der Waals surface area contributed by atoms with Gasteiger partial charge in [0.25, 0.3) is 0 Å². The van der Waals surface area contributed by atoms with Gasteiger partial charge in [0.1, 0.15) is 0 Å². The van der Waals surface area contributed by atoms with Crippen LogP contribution in [-0.2, 0) is 4.79 Å². The van der Waals surface area contributed by atoms with Crippen LogP contribution in [0.15, 0.2) is 33.9 Å². The summed E-state index contributed by atoms with van der Waals surface area (Å²) < 4.78 is 0.957. The summed E-state index contributed by atoms with van der Waals surface area (Å²) in [5.41, 5.74) is 0.952. The fourth-order valence-corrected chi connectivity index (χ4v) is 3.31. The molecule has 0 bridgehead atoms. The van der Waals surface area contributed by atoms with Gasteiger partial charge in [-0.1, -0.05) is 45.9 Å². The summed E-state index contributed by atoms with van der Waals surface area (Å²) in [5.74, 6) is 1.74. The lowest BCUT2D eigenvalue weighted by atomic mass is 10.2. The molecule has 0 spiro atoms. The average molecular weight is 381 g/mol. The van der Waals surface area contributed by atoms with Crippen molar-refractivity contribution in [2.75, 3.05) is 5.75 Å². The van der Waals surface area contributed by atoms with E-state index in [2.05, 4.69) is 43.4 Å². The Bertz CT molecular complexity index is 671. The molecule has 3 rings (SSSR count). The Balaban J connectivity index is 1.55. The Kier molecular flexibility index (Phi) is 4.83. The molecule has 0 saturated heterocycles. The first kappa shape index (κ1) is 15.6. The van der Waals surface area contributed by atoms with Crippen LogP contribution in [0.5, 0.6) is 0 Å². The lowest BCUT2D eigenvalue weighted by molar-refractivity contribution is -0.119. The van der Waals surface area contributed by atoms with Gasteiger partial charge in [0, 0.05) is 16.1 Å². The summed E-state index contributed by atoms with van der Waals surface area (Å²) >= 11 is 4.84. The zero-order chi connectivity index (χ0) is 15.5. The number of benzene rings is 1. The summed E-state index contributed by atoms with van der Waals surface area (Å²) in [5, 5.41) is 10.7. The summed E-state index contributed by atoms with van der Waals surface area (Å²) in [6, 6.07) is 8.09. The number of aromatic nitrogens is 3. The molecule has 1 aromatic heterocycles. The van der Waals surface area contributed by atoms with Crippen molar-refractivity contribution in [1.82, 2.24) is 20.5 Å². The van der Waals surface area contributed by atoms with E-state index in [9.17, 15) is 4.79 Å². The van der Waals surface area contributed by atoms with Crippen LogP contribution in [0.4, 0.5) is 0 Å². The largest absolute Gasteiger partial charge is 0.353 e. The molecule has 1 fully saturated rings. The van der Waals surface area contributed by atoms with Gasteiger partial charge in [-0.2, -0.15) is 0 Å². The first-order valence-electron chi connectivity index (χ1n) is 7.23. The quantitative estimate of drug-likeness (QED) is 0.754. The van der Waals surface area contributed by atoms with Gasteiger partial charge in [0.2, 0.25) is 11.1 Å². The Hall–Kier alpha value is -1.34. The smallest absolute Gasteiger partial charge is 0.230 e. The predicted molar refractivity (Wildman–Crippen MR) is 90.6 cm³/mol. The minimum Gasteiger partial charge on any atom is -0.353 e. The third-order valence-corrected chi connectivity index (χ3v) is 5.18. The highest BCUT2D eigenvalue weighted by molar-refractivity contribution is 9.10. The molecule has 1 amide bonds. The Morgan fingerprint density at radius 3 is 3.00 bits per heavy atom. The zero-order valence-corrected chi connectivity index (χ0v) is 14.6. The Morgan fingerprint density at radius 2 is 2.27 bits per heavy atom. The van der Waals surface area contributed by atoms with Crippen molar-refractivity contribution in [1.29, 1.82) is 0 Å². The average Bonchev–Trinajstić information content (AvgIpc) is 3.25. The van der Waals surface area contributed by atoms with Crippen molar-refractivity contribution >= 4 is 33.6 Å². The molecular weight excluding hydrogens is 364 g/mol. The number of H-pyrrole nitrogens is 1. The van der Waals surface area contributed by atoms with Crippen LogP contribution in [0, 0.1) is 5.92 Å². The number of aromatic amines is 1. The number of nitrogens with one attached hydrogen (secondary N) is 2. The number of carbonyl (C=O) groups is 1. The maximum Gasteiger partial charge on any atom is 0.230 e. The van der Waals surface area contributed by atoms with Crippen molar-refractivity contribution in [2.24, 2.45) is 5.92 Å². The maximum atomic E-state index is 11.9. The lowest BCUT2D eigenvalue weighted by Crippen LogP contribution is -2.35. The van der Waals surface area contributed by atoms with Crippen molar-refractivity contribution in [2.45, 2.75) is 31.0 Å². The fraction of sp³-hybridized carbons (Fsp3) is 0.400. The van der Waals surface area contributed by atoms with Crippen LogP contribution < -0.4 is 5.32 Å². The summed E-state index contributed by atoms with van der Waals surface area (Å²) in [7, 11) is 0. The third kappa shape index (κ3) is 3.89. The van der Waals surface area contributed by atoms with Crippen LogP contribution in [-0.4, -0.2) is 32.9 Å². The van der Waals surface area contributed by atoms with E-state index < -0.39 is 0 Å². The van der Waals surface area contributed by atoms with Gasteiger partial charge in [0.05, 0.1) is 5.75 Å². The van der Waals surface area contributed by atoms with Gasteiger partial charge in [-0.3, -0.25) is 9.89 Å². The van der Waals surface area contributed by atoms with Crippen molar-refractivity contribution in [3.8, 4) is 11.4 Å². The van der Waals surface area contributed by atoms with Crippen molar-refractivity contribution in [3.63, 3.8) is 0 Å². The van der Waals surface area contributed by atoms with Crippen LogP contribution in [0.25, 0.3) is 11.4 Å². The number of hydrogen-bond acceptors (Lipinski definition) is 4. The molecule has 1 aromatic carbocycles. The van der Waals surface area contributed by atoms with Crippen LogP contribution in [0.1, 0.15) is 19.8 Å². The second-order valence-electron chi connectivity index (χ2n) is 5.43. The molecule has 1 aliphatic rings. The summed E-state index contributed by atoms with van der Waals surface area (Å²) in [6.45, 7) is 2.07. The highest BCUT2D eigenvalue weighted by atomic mass is 79.9. The SMILES string of the molecule is C[C@@H](NC(=O)CSc1n[nH]c(-c2ccccc2Br)n1)C1CC1. The molecule has 2 N–H and O–H groups in total. The lowest BCUT2D eigenvalue weighted by Gasteiger charge is -2.11. The minimum atomic E-state index is 0.0386. The van der Waals surface area contributed by atoms with E-state index in [4.69, 9.17) is 0 Å². The number of hydrogen-bond donors (Lipinski definition) is 2. The monoisotopic (exact) mass is 380 g/mol. The van der Waals surface area contributed by atoms with Crippen LogP contribution >= 0.6 is 27.7 Å². The highest BCUT2D eigenvalue weighted by Gasteiger charge is 2.28. The molecular formula is C15H17BrN4OS. The third-order valence-electron chi connectivity index (χ3n) is 3.64. The van der Waals surface area contributed by atoms with Gasteiger partial charge in [-0.05, 0) is 31.7 Å². The molecule has 1 aliphatic carbocycles. The first-order chi connectivity index (χ1) is 10.6. The van der Waals surface area contributed by atoms with Gasteiger partial charge in [0.15, 0.2) is 5.82 Å². The molecule has 2 aromatic rings. The fourth-order valence-electron chi connectivity index (χ4n) is 2.22. The van der Waals surface area contributed by atoms with Crippen LogP contribution in [0.3, 0.4) is 0 Å². The molecule has 22 heavy (non-hydrogen) atoms. The standard InChI is InChI=1S/C15H17BrN4OS/c1-9(10-6-7-10)17-13(21)8-22-15-18-14(19-20-15)11-4-2-3-5-12(11)16/h2-5,9-10H,6-8H2,1H3,(H,17,21)(H,18,19,20)/t9-/m1/s1. The minimum absolute atomic E-state index is 0.0386. The van der Waals surface area contributed by atoms with E-state index in [0.717, 1.165) is 10.0 Å². The molecule has 0 unspecified atom stereocenters. The Labute approximate surface area is 141 Å². The summed E-state index contributed by atoms with van der Waals surface area (Å²) in [4.78, 5) is 16.3. The second-order valence-corrected chi connectivity index (χ2v) is 7.23. The van der Waals surface area contributed by atoms with Gasteiger partial charge < -0.3 is 5.32 Å². The van der Waals surface area contributed by atoms with E-state index in [1.807, 2.05) is 24.3 Å². The molecule has 0 radical (unpaired) electrons. The van der Waals surface area contributed by atoms with E-state index in [1.165, 1.54) is 24.6 Å². The molecule has 7 heteroatoms. The molecule has 5 nitrogen and oxygen atoms in total. The second kappa shape index (κ2) is 6.83. The number of nitrogens with zero attached hydrogens (tertiary/aromatic N) is 2. The molecule has 116 valence electrons. The number of amides is 1. The molecule has 1 atom stereocenters. The molecule has 1 saturated carbocycles.